The summed E-state index contributed by atoms with van der Waals surface area (Å²) in [6.45, 7) is 6.69. The van der Waals surface area contributed by atoms with Gasteiger partial charge in [-0.05, 0) is 13.3 Å². The van der Waals surface area contributed by atoms with Crippen molar-refractivity contribution in [2.75, 3.05) is 19.7 Å². The van der Waals surface area contributed by atoms with Crippen molar-refractivity contribution in [3.63, 3.8) is 0 Å². The number of ether oxygens (including phenoxy) is 1. The maximum Gasteiger partial charge on any atom is 0.104 e. The van der Waals surface area contributed by atoms with Crippen molar-refractivity contribution < 1.29 is 9.26 Å². The molecule has 1 aliphatic heterocycles. The van der Waals surface area contributed by atoms with Crippen molar-refractivity contribution in [3.05, 3.63) is 0 Å². The first-order chi connectivity index (χ1) is 5.72. The van der Waals surface area contributed by atoms with E-state index < -0.39 is 0 Å². The Labute approximate surface area is 76.5 Å². The van der Waals surface area contributed by atoms with Crippen LogP contribution in [0, 0.1) is 0 Å². The molecule has 1 heterocycles. The molecule has 1 fully saturated rings. The van der Waals surface area contributed by atoms with Crippen molar-refractivity contribution in [2.24, 2.45) is 0 Å². The van der Waals surface area contributed by atoms with Crippen LogP contribution in [0.25, 0.3) is 0 Å². The molecule has 72 valence electrons. The van der Waals surface area contributed by atoms with Crippen LogP contribution in [-0.2, 0) is 9.26 Å². The van der Waals surface area contributed by atoms with Gasteiger partial charge in [-0.3, -0.25) is 0 Å². The van der Waals surface area contributed by atoms with E-state index in [1.807, 2.05) is 0 Å². The van der Waals surface area contributed by atoms with Crippen LogP contribution in [0.3, 0.4) is 0 Å². The highest BCUT2D eigenvalue weighted by molar-refractivity contribution is 7.09. The summed E-state index contributed by atoms with van der Waals surface area (Å²) < 4.78 is 10.9. The summed E-state index contributed by atoms with van der Waals surface area (Å²) in [6, 6.07) is 0. The molecule has 0 aromatic heterocycles. The molecule has 0 aromatic carbocycles. The Morgan fingerprint density at radius 1 is 1.75 bits per heavy atom. The molecule has 1 N–H and O–H groups in total. The molecule has 0 amide bonds. The fourth-order valence-electron chi connectivity index (χ4n) is 1.56. The topological polar surface area (TPSA) is 30.5 Å². The maximum atomic E-state index is 5.86. The smallest absolute Gasteiger partial charge is 0.104 e. The monoisotopic (exact) mass is 191 g/mol. The number of hydrogen-bond acceptors (Lipinski definition) is 3. The predicted octanol–water partition coefficient (Wildman–Crippen LogP) is 0.950. The lowest BCUT2D eigenvalue weighted by molar-refractivity contribution is -0.127. The summed E-state index contributed by atoms with van der Waals surface area (Å²) in [5.41, 5.74) is -0.112. The molecule has 0 saturated carbocycles. The molecule has 0 aromatic rings. The highest BCUT2D eigenvalue weighted by Gasteiger charge is 2.34. The fraction of sp³-hybridized carbons (Fsp3) is 1.00. The number of nitrogens with one attached hydrogen (secondary N) is 1. The van der Waals surface area contributed by atoms with Crippen molar-refractivity contribution in [1.82, 2.24) is 5.32 Å². The first-order valence-electron chi connectivity index (χ1n) is 4.42. The molecule has 1 saturated heterocycles. The van der Waals surface area contributed by atoms with Crippen molar-refractivity contribution in [1.29, 1.82) is 0 Å². The van der Waals surface area contributed by atoms with Gasteiger partial charge in [0.15, 0.2) is 0 Å². The van der Waals surface area contributed by atoms with Gasteiger partial charge in [-0.25, -0.2) is 0 Å². The minimum atomic E-state index is -0.112. The number of morpholine rings is 1. The van der Waals surface area contributed by atoms with Gasteiger partial charge in [-0.2, -0.15) is 0 Å². The lowest BCUT2D eigenvalue weighted by Gasteiger charge is -2.39. The summed E-state index contributed by atoms with van der Waals surface area (Å²) in [4.78, 5) is 0. The summed E-state index contributed by atoms with van der Waals surface area (Å²) in [7, 11) is 2.28. The van der Waals surface area contributed by atoms with Crippen LogP contribution in [0.15, 0.2) is 0 Å². The summed E-state index contributed by atoms with van der Waals surface area (Å²) in [5, 5.41) is 3.35. The number of hydrogen-bond donors (Lipinski definition) is 1. The third-order valence-electron chi connectivity index (χ3n) is 2.32. The Kier molecular flexibility index (Phi) is 3.91. The van der Waals surface area contributed by atoms with Gasteiger partial charge in [0, 0.05) is 22.6 Å². The zero-order valence-corrected chi connectivity index (χ0v) is 8.95. The van der Waals surface area contributed by atoms with Gasteiger partial charge in [0.1, 0.15) is 5.60 Å². The third-order valence-corrected chi connectivity index (χ3v) is 2.49. The molecule has 3 atom stereocenters. The lowest BCUT2D eigenvalue weighted by Crippen LogP contribution is -2.54. The molecule has 12 heavy (non-hydrogen) atoms. The predicted molar refractivity (Wildman–Crippen MR) is 52.1 cm³/mol. The highest BCUT2D eigenvalue weighted by atomic mass is 31.0. The average Bonchev–Trinajstić information content (AvgIpc) is 2.05. The van der Waals surface area contributed by atoms with Crippen LogP contribution in [-0.4, -0.2) is 31.4 Å². The zero-order chi connectivity index (χ0) is 9.03. The Hall–Kier alpha value is 0.310. The van der Waals surface area contributed by atoms with Crippen LogP contribution >= 0.6 is 9.47 Å². The van der Waals surface area contributed by atoms with Crippen molar-refractivity contribution in [2.45, 2.75) is 32.0 Å². The van der Waals surface area contributed by atoms with E-state index in [0.717, 1.165) is 19.5 Å². The minimum Gasteiger partial charge on any atom is -0.367 e. The Morgan fingerprint density at radius 3 is 3.00 bits per heavy atom. The molecule has 1 aliphatic rings. The molecule has 3 unspecified atom stereocenters. The van der Waals surface area contributed by atoms with E-state index in [-0.39, 0.29) is 5.60 Å². The fourth-order valence-corrected chi connectivity index (χ4v) is 1.86. The third kappa shape index (κ3) is 2.40. The largest absolute Gasteiger partial charge is 0.367 e. The second-order valence-corrected chi connectivity index (χ2v) is 3.74. The van der Waals surface area contributed by atoms with Gasteiger partial charge in [-0.15, -0.1) is 0 Å². The molecule has 1 rings (SSSR count). The molecular weight excluding hydrogens is 173 g/mol. The van der Waals surface area contributed by atoms with Crippen LogP contribution in [0.5, 0.6) is 0 Å². The van der Waals surface area contributed by atoms with E-state index in [4.69, 9.17) is 9.26 Å². The van der Waals surface area contributed by atoms with E-state index in [0.29, 0.717) is 12.7 Å². The zero-order valence-electron chi connectivity index (χ0n) is 7.80. The average molecular weight is 191 g/mol. The van der Waals surface area contributed by atoms with Crippen LogP contribution in [0.4, 0.5) is 0 Å². The minimum absolute atomic E-state index is 0.112. The van der Waals surface area contributed by atoms with Crippen LogP contribution < -0.4 is 5.32 Å². The first kappa shape index (κ1) is 10.4. The quantitative estimate of drug-likeness (QED) is 0.674. The summed E-state index contributed by atoms with van der Waals surface area (Å²) in [5.74, 6) is 0. The summed E-state index contributed by atoms with van der Waals surface area (Å²) >= 11 is 0. The van der Waals surface area contributed by atoms with Gasteiger partial charge in [0.2, 0.25) is 0 Å². The van der Waals surface area contributed by atoms with E-state index in [9.17, 15) is 0 Å². The maximum absolute atomic E-state index is 5.86. The second kappa shape index (κ2) is 4.52. The number of rotatable bonds is 3. The van der Waals surface area contributed by atoms with Crippen LogP contribution in [0.2, 0.25) is 0 Å². The van der Waals surface area contributed by atoms with E-state index in [2.05, 4.69) is 28.6 Å². The molecular formula is C8H18NO2P. The van der Waals surface area contributed by atoms with E-state index >= 15 is 0 Å². The van der Waals surface area contributed by atoms with Gasteiger partial charge >= 0.3 is 0 Å². The van der Waals surface area contributed by atoms with Gasteiger partial charge in [0.05, 0.1) is 12.7 Å². The van der Waals surface area contributed by atoms with E-state index in [1.54, 1.807) is 0 Å². The molecule has 0 spiro atoms. The van der Waals surface area contributed by atoms with Gasteiger partial charge < -0.3 is 14.6 Å². The second-order valence-electron chi connectivity index (χ2n) is 3.41. The van der Waals surface area contributed by atoms with Crippen LogP contribution in [0.1, 0.15) is 20.3 Å². The van der Waals surface area contributed by atoms with Gasteiger partial charge in [-0.1, -0.05) is 6.92 Å². The SMILES string of the molecule is CCC1(COP)CNCC(C)O1. The lowest BCUT2D eigenvalue weighted by atomic mass is 9.99. The highest BCUT2D eigenvalue weighted by Crippen LogP contribution is 2.21. The van der Waals surface area contributed by atoms with Gasteiger partial charge in [0.25, 0.3) is 0 Å². The Balaban J connectivity index is 2.51. The van der Waals surface area contributed by atoms with Crippen molar-refractivity contribution >= 4 is 9.47 Å². The Morgan fingerprint density at radius 2 is 2.50 bits per heavy atom. The molecule has 0 radical (unpaired) electrons. The molecule has 0 bridgehead atoms. The molecule has 4 heteroatoms. The van der Waals surface area contributed by atoms with E-state index in [1.165, 1.54) is 0 Å². The Bertz CT molecular complexity index is 141. The first-order valence-corrected chi connectivity index (χ1v) is 4.90. The molecule has 0 aliphatic carbocycles. The normalized spacial score (nSPS) is 36.8. The standard InChI is InChI=1S/C8H18NO2P/c1-3-8(6-10-12)5-9-4-7(2)11-8/h7,9H,3-6,12H2,1-2H3. The molecule has 3 nitrogen and oxygen atoms in total. The van der Waals surface area contributed by atoms with Crippen molar-refractivity contribution in [3.8, 4) is 0 Å². The summed E-state index contributed by atoms with van der Waals surface area (Å²) in [6.07, 6.45) is 1.28.